The Morgan fingerprint density at radius 2 is 2.00 bits per heavy atom. The fourth-order valence-electron chi connectivity index (χ4n) is 3.10. The number of aromatic amines is 2. The van der Waals surface area contributed by atoms with Gasteiger partial charge in [-0.2, -0.15) is 0 Å². The molecule has 9 heteroatoms. The molecule has 0 radical (unpaired) electrons. The van der Waals surface area contributed by atoms with E-state index >= 15 is 0 Å². The van der Waals surface area contributed by atoms with Gasteiger partial charge >= 0.3 is 148 Å². The van der Waals surface area contributed by atoms with Gasteiger partial charge in [-0.1, -0.05) is 0 Å². The van der Waals surface area contributed by atoms with Crippen LogP contribution >= 0.6 is 0 Å². The van der Waals surface area contributed by atoms with E-state index in [0.29, 0.717) is 11.5 Å². The van der Waals surface area contributed by atoms with Gasteiger partial charge in [-0.3, -0.25) is 4.98 Å². The van der Waals surface area contributed by atoms with E-state index < -0.39 is 0 Å². The number of halogens is 1. The first-order valence-corrected chi connectivity index (χ1v) is 11.9. The third kappa shape index (κ3) is 3.12. The van der Waals surface area contributed by atoms with E-state index in [-0.39, 0.29) is 21.5 Å². The molecule has 0 aliphatic carbocycles. The van der Waals surface area contributed by atoms with Gasteiger partial charge in [-0.15, -0.1) is 0 Å². The summed E-state index contributed by atoms with van der Waals surface area (Å²) in [7, 11) is 0. The fraction of sp³-hybridized carbons (Fsp3) is 0.105. The molecule has 8 nitrogen and oxygen atoms in total. The molecule has 3 N–H and O–H groups in total. The molecule has 28 heavy (non-hydrogen) atoms. The zero-order chi connectivity index (χ0) is 18.9. The van der Waals surface area contributed by atoms with Crippen molar-refractivity contribution in [1.82, 2.24) is 38.6 Å². The van der Waals surface area contributed by atoms with Gasteiger partial charge in [0.2, 0.25) is 0 Å². The second-order valence-corrected chi connectivity index (χ2v) is 8.09. The van der Waals surface area contributed by atoms with Crippen LogP contribution in [0.1, 0.15) is 5.56 Å². The Balaban J connectivity index is 1.58. The number of aromatic nitrogens is 7. The molecule has 5 rings (SSSR count). The van der Waals surface area contributed by atoms with E-state index in [1.807, 2.05) is 24.7 Å². The topological polar surface area (TPSA) is 108 Å². The number of H-pyrrole nitrogens is 2. The average Bonchev–Trinajstić information content (AvgIpc) is 3.35. The standard InChI is InChI=1S/C19H16IN8/c1-20-24-7-11-4-12(8-22-6-11)13-5-14-17(27-28-18(14)23-9-13)19-25-15-2-3-21-10-16(15)26-19/h2-6,8-10,24H,7H2,1H3,(H,25,26)(H,23,27,28)/q-1. The van der Waals surface area contributed by atoms with Crippen molar-refractivity contribution in [2.45, 2.75) is 6.54 Å². The number of imidazole rings is 1. The summed E-state index contributed by atoms with van der Waals surface area (Å²) < 4.78 is 3.43. The van der Waals surface area contributed by atoms with Gasteiger partial charge in [0, 0.05) is 6.20 Å². The van der Waals surface area contributed by atoms with Gasteiger partial charge in [-0.05, 0) is 6.07 Å². The van der Waals surface area contributed by atoms with Crippen LogP contribution in [0.3, 0.4) is 0 Å². The SMILES string of the molecule is C[I-]NCc1cncc(-c2cnc3n[nH]c(-c4nc5ccncc5[nH]4)c3c2)c1. The van der Waals surface area contributed by atoms with Crippen LogP contribution in [0.4, 0.5) is 0 Å². The first-order valence-electron chi connectivity index (χ1n) is 8.61. The number of rotatable bonds is 5. The quantitative estimate of drug-likeness (QED) is 0.180. The summed E-state index contributed by atoms with van der Waals surface area (Å²) in [6.45, 7) is 0.838. The summed E-state index contributed by atoms with van der Waals surface area (Å²) in [6, 6.07) is 6.10. The predicted molar refractivity (Wildman–Crippen MR) is 103 cm³/mol. The zero-order valence-electron chi connectivity index (χ0n) is 14.9. The van der Waals surface area contributed by atoms with E-state index in [4.69, 9.17) is 0 Å². The Kier molecular flexibility index (Phi) is 4.45. The number of fused-ring (bicyclic) bond motifs is 2. The summed E-state index contributed by atoms with van der Waals surface area (Å²) in [5, 5.41) is 8.29. The molecule has 0 saturated carbocycles. The summed E-state index contributed by atoms with van der Waals surface area (Å²) in [5.74, 6) is 0.715. The normalized spacial score (nSPS) is 11.6. The Hall–Kier alpha value is -2.92. The third-order valence-electron chi connectivity index (χ3n) is 4.46. The predicted octanol–water partition coefficient (Wildman–Crippen LogP) is -0.318. The van der Waals surface area contributed by atoms with E-state index in [0.717, 1.165) is 45.3 Å². The summed E-state index contributed by atoms with van der Waals surface area (Å²) in [5.41, 5.74) is 6.39. The fourth-order valence-corrected chi connectivity index (χ4v) is 3.92. The van der Waals surface area contributed by atoms with Crippen molar-refractivity contribution in [3.8, 4) is 22.6 Å². The number of alkyl halides is 1. The maximum atomic E-state index is 4.64. The van der Waals surface area contributed by atoms with Crippen molar-refractivity contribution >= 4 is 22.1 Å². The van der Waals surface area contributed by atoms with Crippen LogP contribution in [0, 0.1) is 0 Å². The van der Waals surface area contributed by atoms with Crippen molar-refractivity contribution in [1.29, 1.82) is 0 Å². The molecule has 140 valence electrons. The molecule has 0 aliphatic rings. The van der Waals surface area contributed by atoms with E-state index in [2.05, 4.69) is 55.7 Å². The second kappa shape index (κ2) is 7.24. The molecular weight excluding hydrogens is 467 g/mol. The van der Waals surface area contributed by atoms with E-state index in [1.54, 1.807) is 12.4 Å². The second-order valence-electron chi connectivity index (χ2n) is 6.25. The van der Waals surface area contributed by atoms with Crippen molar-refractivity contribution in [2.24, 2.45) is 0 Å². The average molecular weight is 483 g/mol. The Morgan fingerprint density at radius 1 is 1.07 bits per heavy atom. The van der Waals surface area contributed by atoms with Gasteiger partial charge in [0.1, 0.15) is 0 Å². The first-order chi connectivity index (χ1) is 13.8. The molecule has 0 aliphatic heterocycles. The summed E-state index contributed by atoms with van der Waals surface area (Å²) in [6.07, 6.45) is 9.08. The van der Waals surface area contributed by atoms with Crippen LogP contribution in [0.15, 0.2) is 49.2 Å². The Bertz CT molecular complexity index is 1240. The van der Waals surface area contributed by atoms with E-state index in [9.17, 15) is 0 Å². The third-order valence-corrected chi connectivity index (χ3v) is 5.61. The number of pyridine rings is 3. The minimum absolute atomic E-state index is 0.0417. The van der Waals surface area contributed by atoms with Gasteiger partial charge in [0.25, 0.3) is 0 Å². The minimum atomic E-state index is 0.0417. The van der Waals surface area contributed by atoms with Crippen LogP contribution in [0.5, 0.6) is 0 Å². The molecule has 5 heterocycles. The van der Waals surface area contributed by atoms with Crippen LogP contribution in [0.25, 0.3) is 44.7 Å². The van der Waals surface area contributed by atoms with Gasteiger partial charge in [0.15, 0.2) is 0 Å². The summed E-state index contributed by atoms with van der Waals surface area (Å²) >= 11 is 0.0417. The number of nitrogens with one attached hydrogen (secondary N) is 3. The molecule has 0 spiro atoms. The van der Waals surface area contributed by atoms with E-state index in [1.165, 1.54) is 0 Å². The molecule has 0 atom stereocenters. The van der Waals surface area contributed by atoms with Crippen molar-refractivity contribution < 1.29 is 21.5 Å². The molecule has 0 aromatic carbocycles. The molecule has 0 saturated heterocycles. The number of hydrogen-bond donors (Lipinski definition) is 3. The Morgan fingerprint density at radius 3 is 2.89 bits per heavy atom. The summed E-state index contributed by atoms with van der Waals surface area (Å²) in [4.78, 5) is 23.2. The van der Waals surface area contributed by atoms with Crippen molar-refractivity contribution in [3.63, 3.8) is 0 Å². The van der Waals surface area contributed by atoms with Crippen LogP contribution in [0.2, 0.25) is 0 Å². The Labute approximate surface area is 170 Å². The number of hydrogen-bond acceptors (Lipinski definition) is 6. The molecule has 0 bridgehead atoms. The monoisotopic (exact) mass is 483 g/mol. The molecule has 5 aromatic heterocycles. The first kappa shape index (κ1) is 17.2. The van der Waals surface area contributed by atoms with Crippen LogP contribution in [-0.2, 0) is 6.54 Å². The molecular formula is C19H16IN8-. The zero-order valence-corrected chi connectivity index (χ0v) is 17.1. The molecule has 0 amide bonds. The van der Waals surface area contributed by atoms with Crippen molar-refractivity contribution in [2.75, 3.05) is 4.93 Å². The van der Waals surface area contributed by atoms with Crippen molar-refractivity contribution in [3.05, 3.63) is 54.7 Å². The number of nitrogens with zero attached hydrogens (tertiary/aromatic N) is 5. The molecule has 0 unspecified atom stereocenters. The van der Waals surface area contributed by atoms with Gasteiger partial charge < -0.3 is 0 Å². The van der Waals surface area contributed by atoms with Crippen LogP contribution < -0.4 is 25.0 Å². The van der Waals surface area contributed by atoms with Gasteiger partial charge in [0.05, 0.1) is 6.20 Å². The maximum absolute atomic E-state index is 4.64. The molecule has 5 aromatic rings. The molecule has 0 fully saturated rings. The van der Waals surface area contributed by atoms with Gasteiger partial charge in [-0.25, -0.2) is 0 Å². The van der Waals surface area contributed by atoms with Crippen LogP contribution in [-0.4, -0.2) is 40.0 Å².